The zero-order chi connectivity index (χ0) is 29.8. The second-order valence-corrected chi connectivity index (χ2v) is 9.38. The van der Waals surface area contributed by atoms with Crippen LogP contribution in [0.3, 0.4) is 0 Å². The number of aryl methyl sites for hydroxylation is 1. The number of hydrogen-bond donors (Lipinski definition) is 2. The van der Waals surface area contributed by atoms with Crippen LogP contribution in [0.15, 0.2) is 66.7 Å². The van der Waals surface area contributed by atoms with E-state index >= 15 is 0 Å². The number of carboxylic acids is 1. The molecule has 3 aromatic rings. The minimum Gasteiger partial charge on any atom is -0.481 e. The predicted octanol–water partition coefficient (Wildman–Crippen LogP) is 3.44. The smallest absolute Gasteiger partial charge is 0.305 e. The number of benzene rings is 3. The van der Waals surface area contributed by atoms with Crippen molar-refractivity contribution in [3.8, 4) is 0 Å². The van der Waals surface area contributed by atoms with E-state index in [9.17, 15) is 43.2 Å². The summed E-state index contributed by atoms with van der Waals surface area (Å²) in [7, 11) is 0. The third-order valence-corrected chi connectivity index (χ3v) is 6.54. The topological polar surface area (TPSA) is 150 Å². The van der Waals surface area contributed by atoms with Crippen LogP contribution in [0.2, 0.25) is 0 Å². The van der Waals surface area contributed by atoms with Gasteiger partial charge in [0.2, 0.25) is 0 Å². The van der Waals surface area contributed by atoms with E-state index in [1.165, 1.54) is 24.3 Å². The van der Waals surface area contributed by atoms with Gasteiger partial charge in [0.15, 0.2) is 17.8 Å². The van der Waals surface area contributed by atoms with Crippen LogP contribution in [-0.4, -0.2) is 62.8 Å². The molecule has 2 atom stereocenters. The molecule has 4 rings (SSSR count). The Labute approximate surface area is 232 Å². The number of nitrogens with one attached hydrogen (secondary N) is 1. The highest BCUT2D eigenvalue weighted by atomic mass is 19.2. The summed E-state index contributed by atoms with van der Waals surface area (Å²) in [4.78, 5) is 65.0. The number of aliphatic carboxylic acids is 1. The number of carbonyl (C=O) groups is 4. The number of rotatable bonds is 8. The minimum absolute atomic E-state index is 0.0965. The van der Waals surface area contributed by atoms with E-state index in [4.69, 9.17) is 0 Å². The van der Waals surface area contributed by atoms with Crippen LogP contribution in [0.4, 0.5) is 14.5 Å². The fourth-order valence-electron chi connectivity index (χ4n) is 4.60. The maximum atomic E-state index is 13.9. The molecule has 2 unspecified atom stereocenters. The van der Waals surface area contributed by atoms with Crippen LogP contribution in [0.5, 0.6) is 0 Å². The summed E-state index contributed by atoms with van der Waals surface area (Å²) in [6.45, 7) is 1.52. The third-order valence-electron chi connectivity index (χ3n) is 6.54. The molecule has 1 fully saturated rings. The molecule has 1 saturated heterocycles. The van der Waals surface area contributed by atoms with Gasteiger partial charge in [-0.25, -0.2) is 8.78 Å². The predicted molar refractivity (Wildman–Crippen MR) is 140 cm³/mol. The first-order valence-corrected chi connectivity index (χ1v) is 12.4. The van der Waals surface area contributed by atoms with Crippen molar-refractivity contribution < 1.29 is 38.0 Å². The average Bonchev–Trinajstić information content (AvgIpc) is 3.38. The Morgan fingerprint density at radius 1 is 0.951 bits per heavy atom. The van der Waals surface area contributed by atoms with Crippen molar-refractivity contribution in [3.05, 3.63) is 111 Å². The van der Waals surface area contributed by atoms with E-state index in [1.54, 1.807) is 25.1 Å². The first-order valence-electron chi connectivity index (χ1n) is 12.4. The molecule has 3 aromatic carbocycles. The normalized spacial score (nSPS) is 15.3. The van der Waals surface area contributed by atoms with Crippen molar-refractivity contribution in [2.24, 2.45) is 0 Å². The molecule has 212 valence electrons. The largest absolute Gasteiger partial charge is 0.481 e. The quantitative estimate of drug-likeness (QED) is 0.313. The van der Waals surface area contributed by atoms with E-state index < -0.39 is 58.9 Å². The Kier molecular flexibility index (Phi) is 8.36. The summed E-state index contributed by atoms with van der Waals surface area (Å²) in [5.74, 6) is -6.20. The molecule has 11 nitrogen and oxygen atoms in total. The van der Waals surface area contributed by atoms with Crippen LogP contribution in [-0.2, 0) is 9.59 Å². The molecule has 3 amide bonds. The maximum Gasteiger partial charge on any atom is 0.305 e. The fourth-order valence-corrected chi connectivity index (χ4v) is 4.60. The van der Waals surface area contributed by atoms with Crippen molar-refractivity contribution in [1.29, 1.82) is 0 Å². The van der Waals surface area contributed by atoms with E-state index in [-0.39, 0.29) is 35.5 Å². The molecule has 1 aliphatic rings. The fraction of sp³-hybridized carbons (Fsp3) is 0.214. The standard InChI is InChI=1S/C28H24F2N4O7/c1-16-4-2-6-18(12-16)27(38)32-10-11-33(28(39)19-8-9-21(29)22(30)14-19)26(32)25(37)31-23(15-24(35)36)17-5-3-7-20(13-17)34(40)41/h2-9,12-14,23,26H,10-11,15H2,1H3,(H,31,37)(H,35,36). The number of nitro groups is 1. The summed E-state index contributed by atoms with van der Waals surface area (Å²) in [6.07, 6.45) is -2.26. The van der Waals surface area contributed by atoms with Gasteiger partial charge < -0.3 is 20.2 Å². The van der Waals surface area contributed by atoms with Crippen molar-refractivity contribution >= 4 is 29.4 Å². The number of carboxylic acid groups (broad SMARTS) is 1. The second-order valence-electron chi connectivity index (χ2n) is 9.38. The highest BCUT2D eigenvalue weighted by molar-refractivity contribution is 6.02. The van der Waals surface area contributed by atoms with Crippen LogP contribution >= 0.6 is 0 Å². The lowest BCUT2D eigenvalue weighted by molar-refractivity contribution is -0.384. The Morgan fingerprint density at radius 2 is 1.59 bits per heavy atom. The molecule has 0 aliphatic carbocycles. The van der Waals surface area contributed by atoms with E-state index in [2.05, 4.69) is 5.32 Å². The van der Waals surface area contributed by atoms with Crippen molar-refractivity contribution in [2.45, 2.75) is 25.6 Å². The first-order chi connectivity index (χ1) is 19.5. The lowest BCUT2D eigenvalue weighted by Crippen LogP contribution is -2.54. The first kappa shape index (κ1) is 28.8. The molecule has 2 N–H and O–H groups in total. The van der Waals surface area contributed by atoms with Gasteiger partial charge in [0.1, 0.15) is 0 Å². The molecule has 0 radical (unpaired) electrons. The second kappa shape index (κ2) is 11.9. The Hall–Kier alpha value is -5.20. The number of nitrogens with zero attached hydrogens (tertiary/aromatic N) is 3. The summed E-state index contributed by atoms with van der Waals surface area (Å²) in [6, 6.07) is 12.8. The highest BCUT2D eigenvalue weighted by Gasteiger charge is 2.44. The highest BCUT2D eigenvalue weighted by Crippen LogP contribution is 2.26. The van der Waals surface area contributed by atoms with E-state index in [0.29, 0.717) is 6.07 Å². The average molecular weight is 567 g/mol. The lowest BCUT2D eigenvalue weighted by Gasteiger charge is -2.31. The van der Waals surface area contributed by atoms with Crippen molar-refractivity contribution in [2.75, 3.05) is 13.1 Å². The molecule has 41 heavy (non-hydrogen) atoms. The Balaban J connectivity index is 1.72. The summed E-state index contributed by atoms with van der Waals surface area (Å²) in [5, 5.41) is 23.3. The number of non-ortho nitro benzene ring substituents is 1. The zero-order valence-corrected chi connectivity index (χ0v) is 21.6. The number of halogens is 2. The molecular weight excluding hydrogens is 542 g/mol. The molecule has 13 heteroatoms. The van der Waals surface area contributed by atoms with E-state index in [0.717, 1.165) is 33.6 Å². The van der Waals surface area contributed by atoms with Gasteiger partial charge in [0.05, 0.1) is 17.4 Å². The molecular formula is C28H24F2N4O7. The van der Waals surface area contributed by atoms with Gasteiger partial charge in [-0.1, -0.05) is 29.8 Å². The van der Waals surface area contributed by atoms with Crippen LogP contribution < -0.4 is 5.32 Å². The number of amides is 3. The molecule has 1 heterocycles. The Bertz CT molecular complexity index is 1550. The zero-order valence-electron chi connectivity index (χ0n) is 21.6. The van der Waals surface area contributed by atoms with Crippen molar-refractivity contribution in [1.82, 2.24) is 15.1 Å². The van der Waals surface area contributed by atoms with Gasteiger partial charge in [-0.2, -0.15) is 0 Å². The van der Waals surface area contributed by atoms with Gasteiger partial charge in [-0.05, 0) is 42.8 Å². The minimum atomic E-state index is -1.60. The summed E-state index contributed by atoms with van der Waals surface area (Å²) in [5.41, 5.74) is 0.498. The van der Waals surface area contributed by atoms with Crippen LogP contribution in [0.1, 0.15) is 44.3 Å². The molecule has 0 saturated carbocycles. The summed E-state index contributed by atoms with van der Waals surface area (Å²) >= 11 is 0. The van der Waals surface area contributed by atoms with Gasteiger partial charge in [-0.15, -0.1) is 0 Å². The molecule has 0 bridgehead atoms. The van der Waals surface area contributed by atoms with Gasteiger partial charge in [0.25, 0.3) is 23.4 Å². The summed E-state index contributed by atoms with van der Waals surface area (Å²) < 4.78 is 27.4. The van der Waals surface area contributed by atoms with Gasteiger partial charge in [-0.3, -0.25) is 29.3 Å². The number of nitro benzene ring substituents is 1. The SMILES string of the molecule is Cc1cccc(C(=O)N2CCN(C(=O)c3ccc(F)c(F)c3)C2C(=O)NC(CC(=O)O)c2cccc([N+](=O)[O-])c2)c1. The van der Waals surface area contributed by atoms with Crippen LogP contribution in [0, 0.1) is 28.7 Å². The van der Waals surface area contributed by atoms with E-state index in [1.807, 2.05) is 0 Å². The van der Waals surface area contributed by atoms with Gasteiger partial charge >= 0.3 is 5.97 Å². The monoisotopic (exact) mass is 566 g/mol. The number of carbonyl (C=O) groups excluding carboxylic acids is 3. The molecule has 0 aromatic heterocycles. The molecule has 0 spiro atoms. The van der Waals surface area contributed by atoms with Gasteiger partial charge in [0, 0.05) is 36.3 Å². The lowest BCUT2D eigenvalue weighted by atomic mass is 10.0. The van der Waals surface area contributed by atoms with Crippen LogP contribution in [0.25, 0.3) is 0 Å². The molecule has 1 aliphatic heterocycles. The third kappa shape index (κ3) is 6.35. The number of hydrogen-bond acceptors (Lipinski definition) is 6. The Morgan fingerprint density at radius 3 is 2.17 bits per heavy atom. The maximum absolute atomic E-state index is 13.9. The van der Waals surface area contributed by atoms with Crippen molar-refractivity contribution in [3.63, 3.8) is 0 Å².